The Labute approximate surface area is 84.9 Å². The normalized spacial score (nSPS) is 16.2. The van der Waals surface area contributed by atoms with Gasteiger partial charge >= 0.3 is 0 Å². The van der Waals surface area contributed by atoms with Crippen LogP contribution in [0.3, 0.4) is 0 Å². The molecule has 0 N–H and O–H groups in total. The first-order valence-electron chi connectivity index (χ1n) is 4.78. The van der Waals surface area contributed by atoms with Crippen LogP contribution in [0.25, 0.3) is 0 Å². The van der Waals surface area contributed by atoms with E-state index in [4.69, 9.17) is 0 Å². The second-order valence-corrected chi connectivity index (χ2v) is 3.74. The van der Waals surface area contributed by atoms with Crippen molar-refractivity contribution in [1.82, 2.24) is 0 Å². The SMILES string of the molecule is O=C(c1c(F)cc(F)cc1F)C1CCC1. The predicted molar refractivity (Wildman–Crippen MR) is 48.0 cm³/mol. The van der Waals surface area contributed by atoms with Crippen LogP contribution in [0.5, 0.6) is 0 Å². The zero-order chi connectivity index (χ0) is 11.0. The Morgan fingerprint density at radius 2 is 1.67 bits per heavy atom. The summed E-state index contributed by atoms with van der Waals surface area (Å²) in [5.74, 6) is -4.06. The van der Waals surface area contributed by atoms with Crippen LogP contribution in [0.1, 0.15) is 29.6 Å². The molecule has 80 valence electrons. The quantitative estimate of drug-likeness (QED) is 0.691. The van der Waals surface area contributed by atoms with Crippen molar-refractivity contribution in [2.45, 2.75) is 19.3 Å². The van der Waals surface area contributed by atoms with Gasteiger partial charge in [-0.05, 0) is 12.8 Å². The van der Waals surface area contributed by atoms with Gasteiger partial charge in [0.2, 0.25) is 0 Å². The minimum absolute atomic E-state index is 0.292. The van der Waals surface area contributed by atoms with E-state index in [-0.39, 0.29) is 5.92 Å². The van der Waals surface area contributed by atoms with Gasteiger partial charge in [-0.3, -0.25) is 4.79 Å². The summed E-state index contributed by atoms with van der Waals surface area (Å²) in [6, 6.07) is 1.07. The predicted octanol–water partition coefficient (Wildman–Crippen LogP) is 3.09. The molecule has 0 radical (unpaired) electrons. The molecule has 4 heteroatoms. The molecule has 1 aliphatic carbocycles. The fraction of sp³-hybridized carbons (Fsp3) is 0.364. The second kappa shape index (κ2) is 3.68. The van der Waals surface area contributed by atoms with E-state index in [9.17, 15) is 18.0 Å². The Balaban J connectivity index is 2.38. The lowest BCUT2D eigenvalue weighted by atomic mass is 9.80. The van der Waals surface area contributed by atoms with Gasteiger partial charge in [0.15, 0.2) is 5.78 Å². The summed E-state index contributed by atoms with van der Waals surface area (Å²) < 4.78 is 38.9. The van der Waals surface area contributed by atoms with E-state index in [1.165, 1.54) is 0 Å². The minimum Gasteiger partial charge on any atom is -0.294 e. The van der Waals surface area contributed by atoms with Gasteiger partial charge in [-0.15, -0.1) is 0 Å². The molecule has 1 aromatic carbocycles. The van der Waals surface area contributed by atoms with Crippen LogP contribution >= 0.6 is 0 Å². The van der Waals surface area contributed by atoms with Crippen LogP contribution in [0, 0.1) is 23.4 Å². The summed E-state index contributed by atoms with van der Waals surface area (Å²) in [6.45, 7) is 0. The Bertz CT molecular complexity index is 387. The molecule has 15 heavy (non-hydrogen) atoms. The van der Waals surface area contributed by atoms with Gasteiger partial charge in [-0.2, -0.15) is 0 Å². The van der Waals surface area contributed by atoms with Crippen molar-refractivity contribution in [2.75, 3.05) is 0 Å². The number of hydrogen-bond donors (Lipinski definition) is 0. The summed E-state index contributed by atoms with van der Waals surface area (Å²) >= 11 is 0. The number of Topliss-reactive ketones (excluding diaryl/α,β-unsaturated/α-hetero) is 1. The van der Waals surface area contributed by atoms with Crippen LogP contribution in [-0.4, -0.2) is 5.78 Å². The van der Waals surface area contributed by atoms with Crippen LogP contribution in [-0.2, 0) is 0 Å². The molecule has 0 bridgehead atoms. The van der Waals surface area contributed by atoms with Crippen molar-refractivity contribution in [3.63, 3.8) is 0 Å². The third kappa shape index (κ3) is 1.76. The zero-order valence-electron chi connectivity index (χ0n) is 7.90. The Kier molecular flexibility index (Phi) is 2.50. The highest BCUT2D eigenvalue weighted by atomic mass is 19.1. The third-order valence-corrected chi connectivity index (χ3v) is 2.73. The van der Waals surface area contributed by atoms with Crippen LogP contribution in [0.4, 0.5) is 13.2 Å². The maximum atomic E-state index is 13.2. The van der Waals surface area contributed by atoms with Crippen molar-refractivity contribution < 1.29 is 18.0 Å². The fourth-order valence-electron chi connectivity index (χ4n) is 1.65. The molecule has 0 aliphatic heterocycles. The molecule has 1 aromatic rings. The maximum absolute atomic E-state index is 13.2. The van der Waals surface area contributed by atoms with E-state index >= 15 is 0 Å². The van der Waals surface area contributed by atoms with Crippen LogP contribution < -0.4 is 0 Å². The number of halogens is 3. The fourth-order valence-corrected chi connectivity index (χ4v) is 1.65. The molecule has 1 fully saturated rings. The molecule has 0 unspecified atom stereocenters. The van der Waals surface area contributed by atoms with Crippen LogP contribution in [0.15, 0.2) is 12.1 Å². The molecule has 1 saturated carbocycles. The molecule has 2 rings (SSSR count). The maximum Gasteiger partial charge on any atom is 0.171 e. The number of hydrogen-bond acceptors (Lipinski definition) is 1. The van der Waals surface area contributed by atoms with Crippen molar-refractivity contribution >= 4 is 5.78 Å². The number of benzene rings is 1. The Hall–Kier alpha value is -1.32. The number of carbonyl (C=O) groups excluding carboxylic acids is 1. The minimum atomic E-state index is -1.11. The first-order valence-corrected chi connectivity index (χ1v) is 4.78. The molecule has 0 saturated heterocycles. The summed E-state index contributed by atoms with van der Waals surface area (Å²) in [7, 11) is 0. The van der Waals surface area contributed by atoms with E-state index in [0.29, 0.717) is 25.0 Å². The molecule has 1 aliphatic rings. The standard InChI is InChI=1S/C11H9F3O/c12-7-4-8(13)10(9(14)5-7)11(15)6-2-1-3-6/h4-6H,1-3H2. The molecule has 1 nitrogen and oxygen atoms in total. The zero-order valence-corrected chi connectivity index (χ0v) is 7.90. The molecular formula is C11H9F3O. The highest BCUT2D eigenvalue weighted by Gasteiger charge is 2.30. The highest BCUT2D eigenvalue weighted by molar-refractivity contribution is 5.98. The lowest BCUT2D eigenvalue weighted by Gasteiger charge is -2.24. The largest absolute Gasteiger partial charge is 0.294 e. The van der Waals surface area contributed by atoms with Crippen LogP contribution in [0.2, 0.25) is 0 Å². The van der Waals surface area contributed by atoms with E-state index in [0.717, 1.165) is 6.42 Å². The van der Waals surface area contributed by atoms with Crippen molar-refractivity contribution in [2.24, 2.45) is 5.92 Å². The van der Waals surface area contributed by atoms with Crippen molar-refractivity contribution in [3.8, 4) is 0 Å². The molecule has 0 amide bonds. The molecule has 0 atom stereocenters. The monoisotopic (exact) mass is 214 g/mol. The van der Waals surface area contributed by atoms with E-state index in [1.54, 1.807) is 0 Å². The summed E-state index contributed by atoms with van der Waals surface area (Å²) in [5.41, 5.74) is -0.596. The van der Waals surface area contributed by atoms with Gasteiger partial charge in [0.1, 0.15) is 17.5 Å². The van der Waals surface area contributed by atoms with E-state index in [1.807, 2.05) is 0 Å². The summed E-state index contributed by atoms with van der Waals surface area (Å²) in [6.07, 6.45) is 2.23. The highest BCUT2D eigenvalue weighted by Crippen LogP contribution is 2.31. The first kappa shape index (κ1) is 10.2. The lowest BCUT2D eigenvalue weighted by molar-refractivity contribution is 0.0846. The average molecular weight is 214 g/mol. The topological polar surface area (TPSA) is 17.1 Å². The Morgan fingerprint density at radius 1 is 1.13 bits per heavy atom. The van der Waals surface area contributed by atoms with Gasteiger partial charge in [0.25, 0.3) is 0 Å². The van der Waals surface area contributed by atoms with E-state index in [2.05, 4.69) is 0 Å². The average Bonchev–Trinajstić information content (AvgIpc) is 1.97. The van der Waals surface area contributed by atoms with Gasteiger partial charge in [0, 0.05) is 18.1 Å². The molecule has 0 spiro atoms. The van der Waals surface area contributed by atoms with Crippen molar-refractivity contribution in [1.29, 1.82) is 0 Å². The third-order valence-electron chi connectivity index (χ3n) is 2.73. The van der Waals surface area contributed by atoms with E-state index < -0.39 is 28.8 Å². The number of carbonyl (C=O) groups is 1. The molecule has 0 heterocycles. The Morgan fingerprint density at radius 3 is 2.07 bits per heavy atom. The van der Waals surface area contributed by atoms with Gasteiger partial charge < -0.3 is 0 Å². The lowest BCUT2D eigenvalue weighted by Crippen LogP contribution is -2.24. The first-order chi connectivity index (χ1) is 7.09. The smallest absolute Gasteiger partial charge is 0.171 e. The second-order valence-electron chi connectivity index (χ2n) is 3.74. The van der Waals surface area contributed by atoms with Gasteiger partial charge in [-0.1, -0.05) is 6.42 Å². The van der Waals surface area contributed by atoms with Gasteiger partial charge in [-0.25, -0.2) is 13.2 Å². The summed E-state index contributed by atoms with van der Waals surface area (Å²) in [5, 5.41) is 0. The summed E-state index contributed by atoms with van der Waals surface area (Å²) in [4.78, 5) is 11.6. The number of ketones is 1. The number of rotatable bonds is 2. The van der Waals surface area contributed by atoms with Crippen molar-refractivity contribution in [3.05, 3.63) is 35.1 Å². The van der Waals surface area contributed by atoms with Gasteiger partial charge in [0.05, 0.1) is 5.56 Å². The molecule has 0 aromatic heterocycles. The molecular weight excluding hydrogens is 205 g/mol.